The Morgan fingerprint density at radius 2 is 1.54 bits per heavy atom. The lowest BCUT2D eigenvalue weighted by atomic mass is 9.82. The molecule has 0 radical (unpaired) electrons. The lowest BCUT2D eigenvalue weighted by Gasteiger charge is -2.40. The van der Waals surface area contributed by atoms with E-state index in [1.54, 1.807) is 26.0 Å². The molecular weight excluding hydrogens is 764 g/mol. The molecule has 7 atom stereocenters. The van der Waals surface area contributed by atoms with Crippen molar-refractivity contribution in [2.75, 3.05) is 20.3 Å². The predicted octanol–water partition coefficient (Wildman–Crippen LogP) is 7.74. The Bertz CT molecular complexity index is 1730. The average molecular weight is 831 g/mol. The van der Waals surface area contributed by atoms with Crippen LogP contribution in [-0.4, -0.2) is 74.6 Å². The fraction of sp³-hybridized carbons (Fsp3) is 0.644. The largest absolute Gasteiger partial charge is 0.496 e. The maximum atomic E-state index is 14.0. The molecule has 0 spiro atoms. The van der Waals surface area contributed by atoms with Gasteiger partial charge in [0.15, 0.2) is 6.10 Å². The average Bonchev–Trinajstić information content (AvgIpc) is 3.13. The molecule has 2 heterocycles. The molecule has 0 aliphatic carbocycles. The van der Waals surface area contributed by atoms with Gasteiger partial charge in [-0.25, -0.2) is 4.79 Å². The van der Waals surface area contributed by atoms with Gasteiger partial charge in [0, 0.05) is 53.0 Å². The summed E-state index contributed by atoms with van der Waals surface area (Å²) in [5, 5.41) is 0. The van der Waals surface area contributed by atoms with E-state index in [-0.39, 0.29) is 48.6 Å². The number of hydrogen-bond acceptors (Lipinski definition) is 14. The first-order valence-corrected chi connectivity index (χ1v) is 20.4. The summed E-state index contributed by atoms with van der Waals surface area (Å²) in [6.45, 7) is 18.0. The van der Waals surface area contributed by atoms with Crippen LogP contribution >= 0.6 is 0 Å². The monoisotopic (exact) mass is 830 g/mol. The summed E-state index contributed by atoms with van der Waals surface area (Å²) in [5.74, 6) is -2.55. The fourth-order valence-corrected chi connectivity index (χ4v) is 7.10. The summed E-state index contributed by atoms with van der Waals surface area (Å²) in [6, 6.07) is 1.46. The van der Waals surface area contributed by atoms with Gasteiger partial charge >= 0.3 is 35.5 Å². The highest BCUT2D eigenvalue weighted by Crippen LogP contribution is 2.40. The van der Waals surface area contributed by atoms with E-state index in [9.17, 15) is 28.8 Å². The van der Waals surface area contributed by atoms with Gasteiger partial charge in [0.2, 0.25) is 0 Å². The molecule has 14 nitrogen and oxygen atoms in total. The van der Waals surface area contributed by atoms with Crippen LogP contribution in [0.2, 0.25) is 0 Å². The van der Waals surface area contributed by atoms with Crippen LogP contribution in [-0.2, 0) is 57.8 Å². The first-order valence-electron chi connectivity index (χ1n) is 20.4. The number of carbonyl (C=O) groups is 5. The van der Waals surface area contributed by atoms with Gasteiger partial charge in [-0.2, -0.15) is 0 Å². The van der Waals surface area contributed by atoms with Crippen molar-refractivity contribution >= 4 is 29.8 Å². The van der Waals surface area contributed by atoms with Crippen molar-refractivity contribution < 1.29 is 61.5 Å². The molecule has 0 saturated carbocycles. The van der Waals surface area contributed by atoms with E-state index in [2.05, 4.69) is 26.8 Å². The molecule has 1 aliphatic rings. The topological polar surface area (TPSA) is 180 Å². The molecule has 14 heteroatoms. The van der Waals surface area contributed by atoms with E-state index in [0.29, 0.717) is 5.92 Å². The number of allylic oxidation sites excluding steroid dienone is 3. The first-order chi connectivity index (χ1) is 27.7. The molecule has 330 valence electrons. The Morgan fingerprint density at radius 3 is 2.12 bits per heavy atom. The third-order valence-corrected chi connectivity index (χ3v) is 9.89. The third-order valence-electron chi connectivity index (χ3n) is 9.89. The van der Waals surface area contributed by atoms with E-state index < -0.39 is 65.4 Å². The Kier molecular flexibility index (Phi) is 20.8. The molecule has 1 aromatic rings. The maximum Gasteiger partial charge on any atom is 0.345 e. The van der Waals surface area contributed by atoms with Crippen molar-refractivity contribution in [1.29, 1.82) is 0 Å². The lowest BCUT2D eigenvalue weighted by Crippen LogP contribution is -2.50. The molecule has 1 saturated heterocycles. The molecule has 0 N–H and O–H groups in total. The highest BCUT2D eigenvalue weighted by Gasteiger charge is 2.47. The molecule has 3 unspecified atom stereocenters. The summed E-state index contributed by atoms with van der Waals surface area (Å²) in [5.41, 5.74) is -0.261. The van der Waals surface area contributed by atoms with E-state index in [1.165, 1.54) is 72.1 Å². The van der Waals surface area contributed by atoms with Crippen molar-refractivity contribution in [3.05, 3.63) is 63.3 Å². The van der Waals surface area contributed by atoms with Gasteiger partial charge in [-0.05, 0) is 46.1 Å². The molecular formula is C45H66O14. The second-order valence-electron chi connectivity index (χ2n) is 16.0. The number of hydrogen-bond donors (Lipinski definition) is 0. The predicted molar refractivity (Wildman–Crippen MR) is 219 cm³/mol. The second-order valence-corrected chi connectivity index (χ2v) is 16.0. The summed E-state index contributed by atoms with van der Waals surface area (Å²) >= 11 is 0. The van der Waals surface area contributed by atoms with Gasteiger partial charge in [-0.15, -0.1) is 0 Å². The van der Waals surface area contributed by atoms with Crippen molar-refractivity contribution in [2.45, 2.75) is 157 Å². The Balaban J connectivity index is 2.56. The van der Waals surface area contributed by atoms with Crippen molar-refractivity contribution in [3.8, 4) is 5.75 Å². The number of esters is 5. The Labute approximate surface area is 349 Å². The maximum absolute atomic E-state index is 14.0. The molecule has 0 aromatic carbocycles. The number of carbonyl (C=O) groups excluding carboxylic acids is 5. The van der Waals surface area contributed by atoms with Crippen LogP contribution in [0, 0.1) is 11.8 Å². The van der Waals surface area contributed by atoms with Crippen LogP contribution in [0.4, 0.5) is 0 Å². The quantitative estimate of drug-likeness (QED) is 0.0364. The van der Waals surface area contributed by atoms with E-state index in [4.69, 9.17) is 37.6 Å². The molecule has 0 bridgehead atoms. The van der Waals surface area contributed by atoms with Crippen LogP contribution in [0.5, 0.6) is 5.75 Å². The zero-order chi connectivity index (χ0) is 44.4. The van der Waals surface area contributed by atoms with Crippen molar-refractivity contribution in [3.63, 3.8) is 0 Å². The van der Waals surface area contributed by atoms with Crippen LogP contribution < -0.4 is 10.4 Å². The number of ether oxygens (including phenoxy) is 7. The lowest BCUT2D eigenvalue weighted by molar-refractivity contribution is -0.215. The number of rotatable bonds is 22. The normalized spacial score (nSPS) is 20.3. The van der Waals surface area contributed by atoms with Gasteiger partial charge in [0.1, 0.15) is 48.6 Å². The minimum atomic E-state index is -1.37. The van der Waals surface area contributed by atoms with E-state index in [0.717, 1.165) is 25.3 Å². The summed E-state index contributed by atoms with van der Waals surface area (Å²) in [7, 11) is 1.33. The van der Waals surface area contributed by atoms with Crippen LogP contribution in [0.3, 0.4) is 0 Å². The second kappa shape index (κ2) is 24.4. The van der Waals surface area contributed by atoms with Gasteiger partial charge in [-0.3, -0.25) is 24.0 Å². The van der Waals surface area contributed by atoms with Crippen LogP contribution in [0.25, 0.3) is 0 Å². The van der Waals surface area contributed by atoms with Gasteiger partial charge in [-0.1, -0.05) is 75.3 Å². The first kappa shape index (κ1) is 50.4. The Morgan fingerprint density at radius 1 is 0.881 bits per heavy atom. The Hall–Kier alpha value is -4.72. The molecule has 2 rings (SSSR count). The molecule has 1 fully saturated rings. The van der Waals surface area contributed by atoms with Gasteiger partial charge in [0.05, 0.1) is 18.6 Å². The van der Waals surface area contributed by atoms with Gasteiger partial charge < -0.3 is 37.6 Å². The number of methoxy groups -OCH3 is 1. The van der Waals surface area contributed by atoms with Crippen molar-refractivity contribution in [2.24, 2.45) is 11.8 Å². The summed E-state index contributed by atoms with van der Waals surface area (Å²) in [4.78, 5) is 74.3. The zero-order valence-electron chi connectivity index (χ0n) is 37.0. The minimum Gasteiger partial charge on any atom is -0.496 e. The molecule has 59 heavy (non-hydrogen) atoms. The van der Waals surface area contributed by atoms with E-state index >= 15 is 0 Å². The minimum absolute atomic E-state index is 0.00596. The summed E-state index contributed by atoms with van der Waals surface area (Å²) < 4.78 is 45.2. The smallest absolute Gasteiger partial charge is 0.345 e. The van der Waals surface area contributed by atoms with Crippen LogP contribution in [0.1, 0.15) is 139 Å². The molecule has 1 aliphatic heterocycles. The standard InChI is InChI=1S/C45H66O14/c1-13-14-15-16-17-27(2)20-29(4)22-35(25-53-30(5)46)21-28(3)18-19-39(56-33(8)49)45(10,11)40-24-37(52-12)41(44(51)59-40)43-42(57-34(9)50)38(55-32(7)48)23-36(58-43)26-54-31(6)47/h18-19,21-22,24,27,35-36,38-39,42-43H,13-17,20,23,25-26H2,1-12H3/b19-18+,28-21+,29-22-/t27?,35?,36-,38-,39?,42+,43-/m0/s1. The van der Waals surface area contributed by atoms with Gasteiger partial charge in [0.25, 0.3) is 0 Å². The SMILES string of the molecule is CCCCCCC(C)C/C(C)=C\C(/C=C(C)/C=C/C(OC(C)=O)C(C)(C)c1cc(OC)c([C@@H]2O[C@H](COC(C)=O)C[C@H](OC(C)=O)[C@H]2OC(C)=O)c(=O)o1)COC(C)=O. The molecule has 0 amide bonds. The number of unbranched alkanes of at least 4 members (excludes halogenated alkanes) is 3. The van der Waals surface area contributed by atoms with Crippen molar-refractivity contribution in [1.82, 2.24) is 0 Å². The highest BCUT2D eigenvalue weighted by atomic mass is 16.6. The van der Waals surface area contributed by atoms with E-state index in [1.807, 2.05) is 13.0 Å². The fourth-order valence-electron chi connectivity index (χ4n) is 7.10. The molecule has 1 aromatic heterocycles. The van der Waals surface area contributed by atoms with Crippen LogP contribution in [0.15, 0.2) is 50.7 Å². The zero-order valence-corrected chi connectivity index (χ0v) is 37.0. The highest BCUT2D eigenvalue weighted by molar-refractivity contribution is 5.68. The third kappa shape index (κ3) is 17.2. The summed E-state index contributed by atoms with van der Waals surface area (Å²) in [6.07, 6.45) is 8.94.